The molecule has 0 spiro atoms. The second-order valence-electron chi connectivity index (χ2n) is 5.42. The number of hydrogen-bond acceptors (Lipinski definition) is 5. The first-order valence-electron chi connectivity index (χ1n) is 7.05. The minimum atomic E-state index is -3.69. The van der Waals surface area contributed by atoms with Gasteiger partial charge in [-0.25, -0.2) is 18.1 Å². The van der Waals surface area contributed by atoms with Crippen LogP contribution in [0.25, 0.3) is 0 Å². The molecule has 1 N–H and O–H groups in total. The monoisotopic (exact) mass is 377 g/mol. The van der Waals surface area contributed by atoms with Crippen molar-refractivity contribution in [3.8, 4) is 0 Å². The highest BCUT2D eigenvalue weighted by atomic mass is 35.5. The van der Waals surface area contributed by atoms with Gasteiger partial charge in [0.05, 0.1) is 4.34 Å². The maximum absolute atomic E-state index is 12.4. The summed E-state index contributed by atoms with van der Waals surface area (Å²) in [6, 6.07) is 3.59. The SMILES string of the molecule is CO[C@H](CNS(=O)(=O)c1cn(C)c(C(C)C)n1)c1ccc(Cl)s1. The summed E-state index contributed by atoms with van der Waals surface area (Å²) in [7, 11) is -0.375. The van der Waals surface area contributed by atoms with Gasteiger partial charge >= 0.3 is 0 Å². The van der Waals surface area contributed by atoms with Crippen molar-refractivity contribution < 1.29 is 13.2 Å². The van der Waals surface area contributed by atoms with Gasteiger partial charge in [0.2, 0.25) is 0 Å². The molecule has 0 radical (unpaired) electrons. The van der Waals surface area contributed by atoms with E-state index in [4.69, 9.17) is 16.3 Å². The largest absolute Gasteiger partial charge is 0.375 e. The Hall–Kier alpha value is -0.930. The van der Waals surface area contributed by atoms with Crippen molar-refractivity contribution in [2.24, 2.45) is 7.05 Å². The van der Waals surface area contributed by atoms with Crippen LogP contribution in [0.1, 0.15) is 36.6 Å². The second-order valence-corrected chi connectivity index (χ2v) is 8.88. The van der Waals surface area contributed by atoms with Crippen LogP contribution in [0.15, 0.2) is 23.4 Å². The van der Waals surface area contributed by atoms with E-state index in [0.29, 0.717) is 4.34 Å². The molecule has 0 saturated heterocycles. The van der Waals surface area contributed by atoms with Crippen molar-refractivity contribution in [3.63, 3.8) is 0 Å². The fourth-order valence-corrected chi connectivity index (χ4v) is 4.35. The summed E-state index contributed by atoms with van der Waals surface area (Å²) in [5, 5.41) is 0.0164. The molecule has 0 aromatic carbocycles. The van der Waals surface area contributed by atoms with E-state index in [1.807, 2.05) is 19.9 Å². The zero-order valence-electron chi connectivity index (χ0n) is 13.4. The molecule has 23 heavy (non-hydrogen) atoms. The third-order valence-electron chi connectivity index (χ3n) is 3.34. The van der Waals surface area contributed by atoms with Gasteiger partial charge in [-0.1, -0.05) is 25.4 Å². The van der Waals surface area contributed by atoms with Crippen LogP contribution in [-0.2, 0) is 21.8 Å². The summed E-state index contributed by atoms with van der Waals surface area (Å²) >= 11 is 7.27. The molecular formula is C14H20ClN3O3S2. The van der Waals surface area contributed by atoms with Gasteiger partial charge in [-0.3, -0.25) is 0 Å². The van der Waals surface area contributed by atoms with E-state index in [1.165, 1.54) is 24.6 Å². The average molecular weight is 378 g/mol. The van der Waals surface area contributed by atoms with E-state index >= 15 is 0 Å². The lowest BCUT2D eigenvalue weighted by atomic mass is 10.2. The lowest BCUT2D eigenvalue weighted by molar-refractivity contribution is 0.110. The first-order valence-corrected chi connectivity index (χ1v) is 9.73. The summed E-state index contributed by atoms with van der Waals surface area (Å²) in [4.78, 5) is 5.08. The second kappa shape index (κ2) is 7.31. The van der Waals surface area contributed by atoms with E-state index in [2.05, 4.69) is 9.71 Å². The standard InChI is InChI=1S/C14H20ClN3O3S2/c1-9(2)14-17-13(8-18(14)3)23(19,20)16-7-10(21-4)11-5-6-12(15)22-11/h5-6,8-10,16H,7H2,1-4H3/t10-/m1/s1. The van der Waals surface area contributed by atoms with Crippen LogP contribution in [0.3, 0.4) is 0 Å². The summed E-state index contributed by atoms with van der Waals surface area (Å²) in [6.07, 6.45) is 1.12. The van der Waals surface area contributed by atoms with Gasteiger partial charge in [0.25, 0.3) is 10.0 Å². The maximum Gasteiger partial charge on any atom is 0.259 e. The minimum Gasteiger partial charge on any atom is -0.375 e. The summed E-state index contributed by atoms with van der Waals surface area (Å²) < 4.78 is 35.1. The lowest BCUT2D eigenvalue weighted by Crippen LogP contribution is -2.29. The zero-order valence-corrected chi connectivity index (χ0v) is 15.8. The highest BCUT2D eigenvalue weighted by Crippen LogP contribution is 2.28. The highest BCUT2D eigenvalue weighted by molar-refractivity contribution is 7.89. The fourth-order valence-electron chi connectivity index (χ4n) is 2.18. The Bertz CT molecular complexity index is 768. The Labute approximate surface area is 145 Å². The van der Waals surface area contributed by atoms with Crippen LogP contribution in [0, 0.1) is 0 Å². The predicted octanol–water partition coefficient (Wildman–Crippen LogP) is 2.92. The van der Waals surface area contributed by atoms with Crippen molar-refractivity contribution in [1.29, 1.82) is 0 Å². The number of sulfonamides is 1. The molecule has 2 rings (SSSR count). The molecular weight excluding hydrogens is 358 g/mol. The number of thiophene rings is 1. The van der Waals surface area contributed by atoms with Gasteiger partial charge in [0.1, 0.15) is 11.9 Å². The first-order chi connectivity index (χ1) is 10.7. The Kier molecular flexibility index (Phi) is 5.85. The average Bonchev–Trinajstić information content (AvgIpc) is 3.06. The number of nitrogens with one attached hydrogen (secondary N) is 1. The van der Waals surface area contributed by atoms with E-state index in [-0.39, 0.29) is 17.5 Å². The number of halogens is 1. The van der Waals surface area contributed by atoms with Gasteiger partial charge in [0.15, 0.2) is 5.03 Å². The van der Waals surface area contributed by atoms with Gasteiger partial charge in [-0.2, -0.15) is 0 Å². The Morgan fingerprint density at radius 2 is 2.13 bits per heavy atom. The lowest BCUT2D eigenvalue weighted by Gasteiger charge is -2.14. The van der Waals surface area contributed by atoms with Crippen LogP contribution in [0.4, 0.5) is 0 Å². The molecule has 0 saturated carbocycles. The summed E-state index contributed by atoms with van der Waals surface area (Å²) in [5.41, 5.74) is 0. The van der Waals surface area contributed by atoms with Crippen molar-refractivity contribution in [2.75, 3.05) is 13.7 Å². The number of imidazole rings is 1. The van der Waals surface area contributed by atoms with Crippen LogP contribution in [-0.4, -0.2) is 31.6 Å². The molecule has 0 unspecified atom stereocenters. The molecule has 0 aliphatic carbocycles. The number of aromatic nitrogens is 2. The van der Waals surface area contributed by atoms with Gasteiger partial charge < -0.3 is 9.30 Å². The predicted molar refractivity (Wildman–Crippen MR) is 91.6 cm³/mol. The van der Waals surface area contributed by atoms with E-state index in [1.54, 1.807) is 17.7 Å². The third kappa shape index (κ3) is 4.33. The highest BCUT2D eigenvalue weighted by Gasteiger charge is 2.23. The van der Waals surface area contributed by atoms with Gasteiger partial charge in [-0.15, -0.1) is 11.3 Å². The third-order valence-corrected chi connectivity index (χ3v) is 5.95. The Morgan fingerprint density at radius 3 is 2.61 bits per heavy atom. The number of hydrogen-bond donors (Lipinski definition) is 1. The Morgan fingerprint density at radius 1 is 1.43 bits per heavy atom. The smallest absolute Gasteiger partial charge is 0.259 e. The fraction of sp³-hybridized carbons (Fsp3) is 0.500. The number of aryl methyl sites for hydroxylation is 1. The molecule has 0 bridgehead atoms. The van der Waals surface area contributed by atoms with Crippen LogP contribution in [0.2, 0.25) is 4.34 Å². The summed E-state index contributed by atoms with van der Waals surface area (Å²) in [6.45, 7) is 4.05. The van der Waals surface area contributed by atoms with Crippen LogP contribution in [0.5, 0.6) is 0 Å². The normalized spacial score (nSPS) is 13.7. The number of nitrogens with zero attached hydrogens (tertiary/aromatic N) is 2. The molecule has 1 atom stereocenters. The van der Waals surface area contributed by atoms with Crippen LogP contribution < -0.4 is 4.72 Å². The molecule has 2 aromatic heterocycles. The van der Waals surface area contributed by atoms with Crippen LogP contribution >= 0.6 is 22.9 Å². The molecule has 0 amide bonds. The first kappa shape index (κ1) is 18.4. The van der Waals surface area contributed by atoms with Crippen molar-refractivity contribution in [3.05, 3.63) is 33.4 Å². The van der Waals surface area contributed by atoms with E-state index < -0.39 is 16.1 Å². The molecule has 2 aromatic rings. The molecule has 128 valence electrons. The van der Waals surface area contributed by atoms with Crippen molar-refractivity contribution in [1.82, 2.24) is 14.3 Å². The molecule has 0 aliphatic rings. The zero-order chi connectivity index (χ0) is 17.2. The topological polar surface area (TPSA) is 73.2 Å². The molecule has 0 fully saturated rings. The van der Waals surface area contributed by atoms with Crippen molar-refractivity contribution in [2.45, 2.75) is 30.9 Å². The number of rotatable bonds is 7. The van der Waals surface area contributed by atoms with Crippen molar-refractivity contribution >= 4 is 33.0 Å². The molecule has 2 heterocycles. The maximum atomic E-state index is 12.4. The summed E-state index contributed by atoms with van der Waals surface area (Å²) in [5.74, 6) is 0.864. The molecule has 0 aliphatic heterocycles. The Balaban J connectivity index is 2.13. The number of methoxy groups -OCH3 is 1. The van der Waals surface area contributed by atoms with Gasteiger partial charge in [-0.05, 0) is 12.1 Å². The van der Waals surface area contributed by atoms with E-state index in [0.717, 1.165) is 10.7 Å². The molecule has 9 heteroatoms. The minimum absolute atomic E-state index is 0.0164. The quantitative estimate of drug-likeness (QED) is 0.805. The van der Waals surface area contributed by atoms with E-state index in [9.17, 15) is 8.42 Å². The van der Waals surface area contributed by atoms with Gasteiger partial charge in [0, 0.05) is 37.7 Å². The number of ether oxygens (including phenoxy) is 1. The molecule has 6 nitrogen and oxygen atoms in total.